The van der Waals surface area contributed by atoms with E-state index in [-0.39, 0.29) is 18.4 Å². The van der Waals surface area contributed by atoms with E-state index in [1.165, 1.54) is 0 Å². The molecule has 2 rings (SSSR count). The Morgan fingerprint density at radius 1 is 1.24 bits per heavy atom. The van der Waals surface area contributed by atoms with Gasteiger partial charge in [-0.05, 0) is 37.5 Å². The van der Waals surface area contributed by atoms with Crippen molar-refractivity contribution in [2.75, 3.05) is 33.9 Å². The van der Waals surface area contributed by atoms with Crippen LogP contribution in [0.3, 0.4) is 0 Å². The summed E-state index contributed by atoms with van der Waals surface area (Å²) in [5.74, 6) is 1.27. The second kappa shape index (κ2) is 9.15. The standard InChI is InChI=1S/C18H26N2O5/c1-4-25-18(22)19-14-6-5-9-20(12-14)17(21)11-13-7-8-15(23-2)16(10-13)24-3/h7-8,10,14H,4-6,9,11-12H2,1-3H3,(H,19,22)/t14-/m1/s1. The molecule has 2 amide bonds. The number of nitrogens with one attached hydrogen (secondary N) is 1. The van der Waals surface area contributed by atoms with Gasteiger partial charge in [0.05, 0.1) is 27.2 Å². The highest BCUT2D eigenvalue weighted by Gasteiger charge is 2.25. The van der Waals surface area contributed by atoms with E-state index < -0.39 is 6.09 Å². The van der Waals surface area contributed by atoms with Crippen molar-refractivity contribution < 1.29 is 23.8 Å². The van der Waals surface area contributed by atoms with E-state index in [1.807, 2.05) is 12.1 Å². The minimum atomic E-state index is -0.429. The van der Waals surface area contributed by atoms with E-state index in [0.717, 1.165) is 18.4 Å². The molecule has 0 aromatic heterocycles. The van der Waals surface area contributed by atoms with Crippen LogP contribution in [0.5, 0.6) is 11.5 Å². The number of ether oxygens (including phenoxy) is 3. The third kappa shape index (κ3) is 5.27. The van der Waals surface area contributed by atoms with Crippen molar-refractivity contribution in [2.24, 2.45) is 0 Å². The minimum Gasteiger partial charge on any atom is -0.493 e. The summed E-state index contributed by atoms with van der Waals surface area (Å²) in [5, 5.41) is 2.81. The number of hydrogen-bond acceptors (Lipinski definition) is 5. The van der Waals surface area contributed by atoms with Crippen molar-refractivity contribution in [2.45, 2.75) is 32.2 Å². The van der Waals surface area contributed by atoms with Gasteiger partial charge in [-0.3, -0.25) is 4.79 Å². The lowest BCUT2D eigenvalue weighted by Crippen LogP contribution is -2.50. The molecule has 0 spiro atoms. The number of likely N-dealkylation sites (tertiary alicyclic amines) is 1. The van der Waals surface area contributed by atoms with Gasteiger partial charge < -0.3 is 24.4 Å². The van der Waals surface area contributed by atoms with Crippen molar-refractivity contribution in [3.63, 3.8) is 0 Å². The normalized spacial score (nSPS) is 16.9. The summed E-state index contributed by atoms with van der Waals surface area (Å²) < 4.78 is 15.4. The van der Waals surface area contributed by atoms with Crippen LogP contribution in [0, 0.1) is 0 Å². The molecule has 1 saturated heterocycles. The lowest BCUT2D eigenvalue weighted by Gasteiger charge is -2.33. The fraction of sp³-hybridized carbons (Fsp3) is 0.556. The van der Waals surface area contributed by atoms with E-state index in [4.69, 9.17) is 14.2 Å². The van der Waals surface area contributed by atoms with Gasteiger partial charge in [0, 0.05) is 19.1 Å². The molecule has 1 N–H and O–H groups in total. The minimum absolute atomic E-state index is 0.0302. The summed E-state index contributed by atoms with van der Waals surface area (Å²) in [6, 6.07) is 5.40. The van der Waals surface area contributed by atoms with E-state index in [0.29, 0.717) is 31.2 Å². The molecule has 7 nitrogen and oxygen atoms in total. The van der Waals surface area contributed by atoms with Crippen LogP contribution in [0.1, 0.15) is 25.3 Å². The SMILES string of the molecule is CCOC(=O)N[C@@H]1CCCN(C(=O)Cc2ccc(OC)c(OC)c2)C1. The Kier molecular flexibility index (Phi) is 6.91. The Hall–Kier alpha value is -2.44. The lowest BCUT2D eigenvalue weighted by atomic mass is 10.0. The number of carbonyl (C=O) groups excluding carboxylic acids is 2. The van der Waals surface area contributed by atoms with Gasteiger partial charge in [0.1, 0.15) is 0 Å². The predicted octanol–water partition coefficient (Wildman–Crippen LogP) is 1.98. The molecular weight excluding hydrogens is 324 g/mol. The summed E-state index contributed by atoms with van der Waals surface area (Å²) in [7, 11) is 3.15. The van der Waals surface area contributed by atoms with Gasteiger partial charge in [-0.2, -0.15) is 0 Å². The Labute approximate surface area is 148 Å². The average molecular weight is 350 g/mol. The molecule has 0 saturated carbocycles. The van der Waals surface area contributed by atoms with Gasteiger partial charge in [0.15, 0.2) is 11.5 Å². The maximum atomic E-state index is 12.6. The Morgan fingerprint density at radius 3 is 2.68 bits per heavy atom. The Bertz CT molecular complexity index is 605. The van der Waals surface area contributed by atoms with Crippen LogP contribution < -0.4 is 14.8 Å². The van der Waals surface area contributed by atoms with Crippen LogP contribution in [-0.2, 0) is 16.0 Å². The lowest BCUT2D eigenvalue weighted by molar-refractivity contribution is -0.131. The third-order valence-corrected chi connectivity index (χ3v) is 4.17. The second-order valence-electron chi connectivity index (χ2n) is 5.91. The Balaban J connectivity index is 1.94. The van der Waals surface area contributed by atoms with E-state index >= 15 is 0 Å². The number of amides is 2. The fourth-order valence-corrected chi connectivity index (χ4v) is 2.94. The fourth-order valence-electron chi connectivity index (χ4n) is 2.94. The van der Waals surface area contributed by atoms with Crippen molar-refractivity contribution in [1.29, 1.82) is 0 Å². The maximum Gasteiger partial charge on any atom is 0.407 e. The van der Waals surface area contributed by atoms with Gasteiger partial charge in [-0.15, -0.1) is 0 Å². The third-order valence-electron chi connectivity index (χ3n) is 4.17. The van der Waals surface area contributed by atoms with Gasteiger partial charge in [0.25, 0.3) is 0 Å². The number of piperidine rings is 1. The molecule has 7 heteroatoms. The molecule has 1 aromatic carbocycles. The predicted molar refractivity (Wildman–Crippen MR) is 93.0 cm³/mol. The summed E-state index contributed by atoms with van der Waals surface area (Å²) in [6.07, 6.45) is 1.56. The highest BCUT2D eigenvalue weighted by Crippen LogP contribution is 2.28. The molecule has 1 atom stereocenters. The first-order valence-corrected chi connectivity index (χ1v) is 8.49. The molecule has 1 aliphatic rings. The number of carbonyl (C=O) groups is 2. The molecule has 1 aliphatic heterocycles. The highest BCUT2D eigenvalue weighted by atomic mass is 16.5. The molecule has 1 aromatic rings. The molecule has 0 radical (unpaired) electrons. The van der Waals surface area contributed by atoms with Gasteiger partial charge >= 0.3 is 6.09 Å². The Morgan fingerprint density at radius 2 is 2.00 bits per heavy atom. The molecule has 0 bridgehead atoms. The van der Waals surface area contributed by atoms with Crippen molar-refractivity contribution in [1.82, 2.24) is 10.2 Å². The first-order chi connectivity index (χ1) is 12.1. The summed E-state index contributed by atoms with van der Waals surface area (Å²) in [5.41, 5.74) is 0.864. The highest BCUT2D eigenvalue weighted by molar-refractivity contribution is 5.79. The van der Waals surface area contributed by atoms with Crippen LogP contribution in [-0.4, -0.2) is 56.9 Å². The summed E-state index contributed by atoms with van der Waals surface area (Å²) in [4.78, 5) is 25.9. The number of hydrogen-bond donors (Lipinski definition) is 1. The second-order valence-corrected chi connectivity index (χ2v) is 5.91. The van der Waals surface area contributed by atoms with Crippen LogP contribution in [0.25, 0.3) is 0 Å². The molecule has 0 unspecified atom stereocenters. The zero-order valence-electron chi connectivity index (χ0n) is 15.0. The number of benzene rings is 1. The van der Waals surface area contributed by atoms with Crippen molar-refractivity contribution in [3.05, 3.63) is 23.8 Å². The molecule has 0 aliphatic carbocycles. The zero-order chi connectivity index (χ0) is 18.2. The van der Waals surface area contributed by atoms with Gasteiger partial charge in [0.2, 0.25) is 5.91 Å². The molecule has 1 fully saturated rings. The van der Waals surface area contributed by atoms with Crippen molar-refractivity contribution >= 4 is 12.0 Å². The summed E-state index contributed by atoms with van der Waals surface area (Å²) in [6.45, 7) is 3.30. The largest absolute Gasteiger partial charge is 0.493 e. The number of alkyl carbamates (subject to hydrolysis) is 1. The van der Waals surface area contributed by atoms with Gasteiger partial charge in [-0.25, -0.2) is 4.79 Å². The number of methoxy groups -OCH3 is 2. The maximum absolute atomic E-state index is 12.6. The van der Waals surface area contributed by atoms with Crippen LogP contribution >= 0.6 is 0 Å². The molecular formula is C18H26N2O5. The van der Waals surface area contributed by atoms with E-state index in [9.17, 15) is 9.59 Å². The van der Waals surface area contributed by atoms with Gasteiger partial charge in [-0.1, -0.05) is 6.07 Å². The molecule has 138 valence electrons. The smallest absolute Gasteiger partial charge is 0.407 e. The first kappa shape index (κ1) is 18.9. The topological polar surface area (TPSA) is 77.1 Å². The zero-order valence-corrected chi connectivity index (χ0v) is 15.0. The van der Waals surface area contributed by atoms with Crippen LogP contribution in [0.4, 0.5) is 4.79 Å². The monoisotopic (exact) mass is 350 g/mol. The molecule has 1 heterocycles. The van der Waals surface area contributed by atoms with Crippen LogP contribution in [0.15, 0.2) is 18.2 Å². The first-order valence-electron chi connectivity index (χ1n) is 8.49. The summed E-state index contributed by atoms with van der Waals surface area (Å²) >= 11 is 0. The average Bonchev–Trinajstić information content (AvgIpc) is 2.62. The van der Waals surface area contributed by atoms with E-state index in [2.05, 4.69) is 5.32 Å². The quantitative estimate of drug-likeness (QED) is 0.849. The van der Waals surface area contributed by atoms with Crippen molar-refractivity contribution in [3.8, 4) is 11.5 Å². The van der Waals surface area contributed by atoms with E-state index in [1.54, 1.807) is 32.1 Å². The number of rotatable bonds is 6. The van der Waals surface area contributed by atoms with Crippen LogP contribution in [0.2, 0.25) is 0 Å². The number of nitrogens with zero attached hydrogens (tertiary/aromatic N) is 1. The molecule has 25 heavy (non-hydrogen) atoms.